The highest BCUT2D eigenvalue weighted by atomic mass is 35.5. The molecule has 1 aromatic heterocycles. The first-order valence-electron chi connectivity index (χ1n) is 7.79. The maximum atomic E-state index is 13.5. The maximum Gasteiger partial charge on any atom is 0.327 e. The number of nitrogens with zero attached hydrogens (tertiary/aromatic N) is 2. The first kappa shape index (κ1) is 15.9. The maximum absolute atomic E-state index is 13.5. The van der Waals surface area contributed by atoms with Gasteiger partial charge in [0.1, 0.15) is 18.4 Å². The van der Waals surface area contributed by atoms with Crippen molar-refractivity contribution in [2.45, 2.75) is 12.5 Å². The molecular weight excluding hydrogens is 351 g/mol. The fraction of sp³-hybridized carbons (Fsp3) is 0.312. The summed E-state index contributed by atoms with van der Waals surface area (Å²) < 4.78 is 13.5. The van der Waals surface area contributed by atoms with E-state index in [4.69, 9.17) is 11.6 Å². The number of H-pyrrole nitrogens is 1. The molecule has 1 unspecified atom stereocenters. The van der Waals surface area contributed by atoms with Gasteiger partial charge < -0.3 is 15.2 Å². The Hall–Kier alpha value is -2.61. The Morgan fingerprint density at radius 2 is 2.08 bits per heavy atom. The van der Waals surface area contributed by atoms with Crippen molar-refractivity contribution in [1.82, 2.24) is 20.1 Å². The molecule has 1 atom stereocenters. The van der Waals surface area contributed by atoms with E-state index in [0.717, 1.165) is 15.8 Å². The van der Waals surface area contributed by atoms with Crippen molar-refractivity contribution in [1.29, 1.82) is 0 Å². The van der Waals surface area contributed by atoms with Crippen molar-refractivity contribution in [3.63, 3.8) is 0 Å². The smallest absolute Gasteiger partial charge is 0.327 e. The van der Waals surface area contributed by atoms with E-state index in [1.165, 1.54) is 17.0 Å². The predicted octanol–water partition coefficient (Wildman–Crippen LogP) is 1.27. The second-order valence-electron chi connectivity index (χ2n) is 6.10. The van der Waals surface area contributed by atoms with E-state index in [-0.39, 0.29) is 36.5 Å². The van der Waals surface area contributed by atoms with E-state index in [0.29, 0.717) is 11.9 Å². The predicted molar refractivity (Wildman–Crippen MR) is 87.6 cm³/mol. The summed E-state index contributed by atoms with van der Waals surface area (Å²) in [4.78, 5) is 41.6. The van der Waals surface area contributed by atoms with Crippen molar-refractivity contribution in [2.24, 2.45) is 0 Å². The number of aromatic amines is 1. The summed E-state index contributed by atoms with van der Waals surface area (Å²) in [5, 5.41) is 3.36. The van der Waals surface area contributed by atoms with Gasteiger partial charge in [0.05, 0.1) is 5.02 Å². The van der Waals surface area contributed by atoms with Gasteiger partial charge in [0.2, 0.25) is 5.91 Å². The number of nitrogens with one attached hydrogen (secondary N) is 2. The molecule has 9 heteroatoms. The number of hydrogen-bond donors (Lipinski definition) is 2. The van der Waals surface area contributed by atoms with Crippen molar-refractivity contribution in [3.8, 4) is 0 Å². The molecule has 7 nitrogen and oxygen atoms in total. The standard InChI is InChI=1S/C16H14ClFN4O3/c17-10-3-9-8(5-19-12(9)4-11(10)18)1-2-21-15(24)13-6-20-14(23)7-22(13)16(21)25/h3-5,13,19H,1-2,6-7H2,(H,20,23). The lowest BCUT2D eigenvalue weighted by molar-refractivity contribution is -0.130. The molecule has 2 aliphatic rings. The van der Waals surface area contributed by atoms with Crippen LogP contribution in [-0.2, 0) is 16.0 Å². The summed E-state index contributed by atoms with van der Waals surface area (Å²) in [6, 6.07) is 1.76. The van der Waals surface area contributed by atoms with Gasteiger partial charge in [-0.25, -0.2) is 9.18 Å². The molecule has 2 aliphatic heterocycles. The van der Waals surface area contributed by atoms with E-state index >= 15 is 0 Å². The Labute approximate surface area is 146 Å². The van der Waals surface area contributed by atoms with Gasteiger partial charge in [0, 0.05) is 30.2 Å². The van der Waals surface area contributed by atoms with Gasteiger partial charge in [-0.2, -0.15) is 0 Å². The van der Waals surface area contributed by atoms with Gasteiger partial charge in [0.25, 0.3) is 5.91 Å². The van der Waals surface area contributed by atoms with Gasteiger partial charge in [-0.15, -0.1) is 0 Å². The monoisotopic (exact) mass is 364 g/mol. The average Bonchev–Trinajstić information content (AvgIpc) is 3.06. The lowest BCUT2D eigenvalue weighted by Gasteiger charge is -2.26. The normalized spacial score (nSPS) is 20.4. The minimum atomic E-state index is -0.628. The zero-order chi connectivity index (χ0) is 17.7. The molecule has 4 rings (SSSR count). The molecule has 2 aromatic rings. The largest absolute Gasteiger partial charge is 0.361 e. The van der Waals surface area contributed by atoms with E-state index in [2.05, 4.69) is 10.3 Å². The van der Waals surface area contributed by atoms with Gasteiger partial charge in [-0.05, 0) is 24.1 Å². The van der Waals surface area contributed by atoms with Crippen LogP contribution in [0.3, 0.4) is 0 Å². The van der Waals surface area contributed by atoms with Crippen LogP contribution in [0.2, 0.25) is 5.02 Å². The zero-order valence-electron chi connectivity index (χ0n) is 13.0. The molecule has 2 N–H and O–H groups in total. The number of rotatable bonds is 3. The fourth-order valence-electron chi connectivity index (χ4n) is 3.31. The highest BCUT2D eigenvalue weighted by Crippen LogP contribution is 2.26. The van der Waals surface area contributed by atoms with Crippen LogP contribution < -0.4 is 5.32 Å². The molecule has 2 saturated heterocycles. The second kappa shape index (κ2) is 5.73. The SMILES string of the molecule is O=C1CN2C(=O)N(CCc3c[nH]c4cc(F)c(Cl)cc34)C(=O)C2CN1. The first-order chi connectivity index (χ1) is 12.0. The minimum absolute atomic E-state index is 0.0170. The number of halogens is 2. The van der Waals surface area contributed by atoms with Crippen LogP contribution in [0.1, 0.15) is 5.56 Å². The number of carbonyl (C=O) groups excluding carboxylic acids is 3. The van der Waals surface area contributed by atoms with Crippen molar-refractivity contribution in [3.05, 3.63) is 34.7 Å². The fourth-order valence-corrected chi connectivity index (χ4v) is 3.48. The Morgan fingerprint density at radius 3 is 2.88 bits per heavy atom. The number of benzene rings is 1. The molecule has 2 fully saturated rings. The third-order valence-corrected chi connectivity index (χ3v) is 4.91. The quantitative estimate of drug-likeness (QED) is 0.804. The van der Waals surface area contributed by atoms with Crippen molar-refractivity contribution >= 4 is 40.3 Å². The summed E-state index contributed by atoms with van der Waals surface area (Å²) in [6.07, 6.45) is 2.12. The van der Waals surface area contributed by atoms with Crippen LogP contribution in [0.25, 0.3) is 10.9 Å². The lowest BCUT2D eigenvalue weighted by Crippen LogP contribution is -2.54. The molecule has 1 aromatic carbocycles. The van der Waals surface area contributed by atoms with Crippen LogP contribution in [0.5, 0.6) is 0 Å². The first-order valence-corrected chi connectivity index (χ1v) is 8.17. The van der Waals surface area contributed by atoms with E-state index in [9.17, 15) is 18.8 Å². The zero-order valence-corrected chi connectivity index (χ0v) is 13.8. The lowest BCUT2D eigenvalue weighted by atomic mass is 10.1. The molecule has 3 heterocycles. The van der Waals surface area contributed by atoms with Gasteiger partial charge >= 0.3 is 6.03 Å². The number of imide groups is 1. The minimum Gasteiger partial charge on any atom is -0.361 e. The third-order valence-electron chi connectivity index (χ3n) is 4.62. The number of urea groups is 1. The Bertz CT molecular complexity index is 912. The Morgan fingerprint density at radius 1 is 1.28 bits per heavy atom. The summed E-state index contributed by atoms with van der Waals surface area (Å²) in [5.74, 6) is -1.09. The van der Waals surface area contributed by atoms with E-state index in [1.807, 2.05) is 0 Å². The molecule has 4 amide bonds. The molecule has 0 spiro atoms. The van der Waals surface area contributed by atoms with Gasteiger partial charge in [-0.3, -0.25) is 14.5 Å². The number of piperazine rings is 1. The van der Waals surface area contributed by atoms with Crippen LogP contribution in [0.15, 0.2) is 18.3 Å². The summed E-state index contributed by atoms with van der Waals surface area (Å²) in [6.45, 7) is 0.219. The molecular formula is C16H14ClFN4O3. The number of carbonyl (C=O) groups is 3. The van der Waals surface area contributed by atoms with Gasteiger partial charge in [-0.1, -0.05) is 11.6 Å². The highest BCUT2D eigenvalue weighted by Gasteiger charge is 2.47. The van der Waals surface area contributed by atoms with E-state index < -0.39 is 17.9 Å². The van der Waals surface area contributed by atoms with Crippen LogP contribution in [-0.4, -0.2) is 58.3 Å². The second-order valence-corrected chi connectivity index (χ2v) is 6.50. The van der Waals surface area contributed by atoms with Crippen molar-refractivity contribution < 1.29 is 18.8 Å². The summed E-state index contributed by atoms with van der Waals surface area (Å²) in [7, 11) is 0. The number of hydrogen-bond acceptors (Lipinski definition) is 3. The van der Waals surface area contributed by atoms with Gasteiger partial charge in [0.15, 0.2) is 0 Å². The molecule has 130 valence electrons. The molecule has 0 aliphatic carbocycles. The van der Waals surface area contributed by atoms with Crippen LogP contribution in [0, 0.1) is 5.82 Å². The molecule has 25 heavy (non-hydrogen) atoms. The highest BCUT2D eigenvalue weighted by molar-refractivity contribution is 6.31. The van der Waals surface area contributed by atoms with Crippen molar-refractivity contribution in [2.75, 3.05) is 19.6 Å². The third kappa shape index (κ3) is 2.53. The number of amides is 4. The summed E-state index contributed by atoms with van der Waals surface area (Å²) in [5.41, 5.74) is 1.43. The van der Waals surface area contributed by atoms with E-state index in [1.54, 1.807) is 6.20 Å². The Kier molecular flexibility index (Phi) is 3.64. The molecule has 0 bridgehead atoms. The topological polar surface area (TPSA) is 85.5 Å². The van der Waals surface area contributed by atoms with Crippen LogP contribution in [0.4, 0.5) is 9.18 Å². The van der Waals surface area contributed by atoms with Crippen LogP contribution >= 0.6 is 11.6 Å². The molecule has 0 radical (unpaired) electrons. The molecule has 0 saturated carbocycles. The summed E-state index contributed by atoms with van der Waals surface area (Å²) >= 11 is 5.83. The number of aromatic nitrogens is 1. The number of fused-ring (bicyclic) bond motifs is 2. The average molecular weight is 365 g/mol. The Balaban J connectivity index is 1.54.